The smallest absolute Gasteiger partial charge is 0.434 e. The molecule has 0 aliphatic rings. The molecule has 2 aromatic carbocycles. The number of rotatable bonds is 7. The summed E-state index contributed by atoms with van der Waals surface area (Å²) in [7, 11) is 0. The van der Waals surface area contributed by atoms with E-state index in [4.69, 9.17) is 27.9 Å². The highest BCUT2D eigenvalue weighted by Crippen LogP contribution is 2.20. The van der Waals surface area contributed by atoms with Gasteiger partial charge in [0.1, 0.15) is 5.75 Å². The Morgan fingerprint density at radius 1 is 0.929 bits per heavy atom. The molecule has 0 aromatic heterocycles. The molecule has 2 amide bonds. The van der Waals surface area contributed by atoms with Crippen LogP contribution in [0.4, 0.5) is 4.79 Å². The van der Waals surface area contributed by atoms with E-state index >= 15 is 0 Å². The summed E-state index contributed by atoms with van der Waals surface area (Å²) in [6.07, 6.45) is -0.810. The van der Waals surface area contributed by atoms with Gasteiger partial charge in [0.05, 0.1) is 17.2 Å². The number of halogens is 2. The number of benzene rings is 2. The first kappa shape index (κ1) is 21.5. The molecule has 0 unspecified atom stereocenters. The molecule has 148 valence electrons. The molecule has 0 aliphatic carbocycles. The Hall–Kier alpha value is -2.77. The zero-order valence-electron chi connectivity index (χ0n) is 15.0. The van der Waals surface area contributed by atoms with Gasteiger partial charge in [0, 0.05) is 23.7 Å². The first-order valence-corrected chi connectivity index (χ1v) is 9.12. The highest BCUT2D eigenvalue weighted by atomic mass is 35.5. The molecule has 0 bridgehead atoms. The lowest BCUT2D eigenvalue weighted by atomic mass is 10.2. The Labute approximate surface area is 171 Å². The number of hydrogen-bond acceptors (Lipinski definition) is 5. The zero-order valence-corrected chi connectivity index (χ0v) is 16.5. The lowest BCUT2D eigenvalue weighted by molar-refractivity contribution is 0.0927. The van der Waals surface area contributed by atoms with E-state index in [1.165, 1.54) is 36.4 Å². The lowest BCUT2D eigenvalue weighted by Gasteiger charge is -2.09. The molecule has 0 heterocycles. The summed E-state index contributed by atoms with van der Waals surface area (Å²) in [6.45, 7) is 2.29. The first-order chi connectivity index (χ1) is 13.4. The molecule has 0 atom stereocenters. The zero-order chi connectivity index (χ0) is 20.5. The monoisotopic (exact) mass is 424 g/mol. The van der Waals surface area contributed by atoms with Crippen molar-refractivity contribution >= 4 is 41.2 Å². The van der Waals surface area contributed by atoms with Gasteiger partial charge in [-0.2, -0.15) is 0 Å². The maximum Gasteiger partial charge on any atom is 0.513 e. The van der Waals surface area contributed by atoms with Crippen LogP contribution >= 0.6 is 23.2 Å². The SMILES string of the molecule is CCOC(=O)Oc1ccc(C(=O)NCCNC(=O)c2cc(Cl)ccc2Cl)cc1. The third-order valence-electron chi connectivity index (χ3n) is 3.45. The van der Waals surface area contributed by atoms with Crippen LogP contribution in [-0.2, 0) is 4.74 Å². The number of amides is 2. The maximum atomic E-state index is 12.1. The number of carbonyl (C=O) groups excluding carboxylic acids is 3. The second-order valence-electron chi connectivity index (χ2n) is 5.45. The van der Waals surface area contributed by atoms with Gasteiger partial charge in [0.25, 0.3) is 11.8 Å². The number of carbonyl (C=O) groups is 3. The van der Waals surface area contributed by atoms with Gasteiger partial charge in [0.15, 0.2) is 0 Å². The van der Waals surface area contributed by atoms with Crippen molar-refractivity contribution in [3.63, 3.8) is 0 Å². The van der Waals surface area contributed by atoms with Crippen molar-refractivity contribution in [1.82, 2.24) is 10.6 Å². The quantitative estimate of drug-likeness (QED) is 0.401. The Balaban J connectivity index is 1.78. The van der Waals surface area contributed by atoms with Crippen molar-refractivity contribution in [3.05, 3.63) is 63.6 Å². The summed E-state index contributed by atoms with van der Waals surface area (Å²) >= 11 is 11.8. The molecule has 0 saturated carbocycles. The molecular formula is C19H18Cl2N2O5. The van der Waals surface area contributed by atoms with Crippen LogP contribution in [0.15, 0.2) is 42.5 Å². The molecule has 9 heteroatoms. The fourth-order valence-electron chi connectivity index (χ4n) is 2.14. The van der Waals surface area contributed by atoms with Crippen molar-refractivity contribution in [2.24, 2.45) is 0 Å². The Morgan fingerprint density at radius 3 is 2.21 bits per heavy atom. The summed E-state index contributed by atoms with van der Waals surface area (Å²) in [4.78, 5) is 35.4. The average Bonchev–Trinajstić information content (AvgIpc) is 2.67. The van der Waals surface area contributed by atoms with E-state index in [1.807, 2.05) is 0 Å². The molecule has 0 radical (unpaired) electrons. The predicted octanol–water partition coefficient (Wildman–Crippen LogP) is 3.69. The van der Waals surface area contributed by atoms with Crippen molar-refractivity contribution in [2.75, 3.05) is 19.7 Å². The summed E-state index contributed by atoms with van der Waals surface area (Å²) in [5.41, 5.74) is 0.637. The molecule has 2 aromatic rings. The second-order valence-corrected chi connectivity index (χ2v) is 6.29. The maximum absolute atomic E-state index is 12.1. The molecule has 28 heavy (non-hydrogen) atoms. The van der Waals surface area contributed by atoms with Gasteiger partial charge in [-0.05, 0) is 49.4 Å². The van der Waals surface area contributed by atoms with Gasteiger partial charge < -0.3 is 20.1 Å². The molecule has 0 fully saturated rings. The minimum absolute atomic E-state index is 0.206. The Kier molecular flexibility index (Phi) is 8.10. The number of ether oxygens (including phenoxy) is 2. The summed E-state index contributed by atoms with van der Waals surface area (Å²) in [6, 6.07) is 10.6. The molecule has 0 aliphatic heterocycles. The van der Waals surface area contributed by atoms with Crippen molar-refractivity contribution in [1.29, 1.82) is 0 Å². The third-order valence-corrected chi connectivity index (χ3v) is 4.01. The van der Waals surface area contributed by atoms with Crippen LogP contribution in [-0.4, -0.2) is 37.7 Å². The molecule has 7 nitrogen and oxygen atoms in total. The van der Waals surface area contributed by atoms with E-state index in [-0.39, 0.29) is 47.8 Å². The van der Waals surface area contributed by atoms with Crippen LogP contribution in [0.3, 0.4) is 0 Å². The van der Waals surface area contributed by atoms with Gasteiger partial charge in [-0.25, -0.2) is 4.79 Å². The predicted molar refractivity (Wildman–Crippen MR) is 105 cm³/mol. The molecule has 2 N–H and O–H groups in total. The summed E-state index contributed by atoms with van der Waals surface area (Å²) < 4.78 is 9.58. The van der Waals surface area contributed by atoms with E-state index in [2.05, 4.69) is 15.4 Å². The molecule has 0 spiro atoms. The van der Waals surface area contributed by atoms with E-state index in [9.17, 15) is 14.4 Å². The van der Waals surface area contributed by atoms with Crippen molar-refractivity contribution < 1.29 is 23.9 Å². The second kappa shape index (κ2) is 10.5. The normalized spacial score (nSPS) is 10.1. The fraction of sp³-hybridized carbons (Fsp3) is 0.211. The van der Waals surface area contributed by atoms with Crippen molar-refractivity contribution in [3.8, 4) is 5.75 Å². The third kappa shape index (κ3) is 6.44. The minimum Gasteiger partial charge on any atom is -0.434 e. The first-order valence-electron chi connectivity index (χ1n) is 8.36. The van der Waals surface area contributed by atoms with E-state index in [0.29, 0.717) is 10.6 Å². The fourth-order valence-corrected chi connectivity index (χ4v) is 2.51. The van der Waals surface area contributed by atoms with Gasteiger partial charge in [-0.1, -0.05) is 23.2 Å². The van der Waals surface area contributed by atoms with Crippen LogP contribution < -0.4 is 15.4 Å². The van der Waals surface area contributed by atoms with Crippen LogP contribution in [0, 0.1) is 0 Å². The molecule has 2 rings (SSSR count). The molecular weight excluding hydrogens is 407 g/mol. The summed E-state index contributed by atoms with van der Waals surface area (Å²) in [5.74, 6) is -0.458. The van der Waals surface area contributed by atoms with Gasteiger partial charge in [-0.15, -0.1) is 0 Å². The molecule has 0 saturated heterocycles. The van der Waals surface area contributed by atoms with E-state index < -0.39 is 6.16 Å². The Bertz CT molecular complexity index is 856. The van der Waals surface area contributed by atoms with Crippen LogP contribution in [0.2, 0.25) is 10.0 Å². The standard InChI is InChI=1S/C19H18Cl2N2O5/c1-2-27-19(26)28-14-6-3-12(4-7-14)17(24)22-9-10-23-18(25)15-11-13(20)5-8-16(15)21/h3-8,11H,2,9-10H2,1H3,(H,22,24)(H,23,25). The largest absolute Gasteiger partial charge is 0.513 e. The van der Waals surface area contributed by atoms with E-state index in [0.717, 1.165) is 0 Å². The Morgan fingerprint density at radius 2 is 1.57 bits per heavy atom. The number of hydrogen-bond donors (Lipinski definition) is 2. The van der Waals surface area contributed by atoms with Crippen LogP contribution in [0.5, 0.6) is 5.75 Å². The van der Waals surface area contributed by atoms with Gasteiger partial charge >= 0.3 is 6.16 Å². The topological polar surface area (TPSA) is 93.7 Å². The highest BCUT2D eigenvalue weighted by Gasteiger charge is 2.11. The van der Waals surface area contributed by atoms with Gasteiger partial charge in [0.2, 0.25) is 0 Å². The summed E-state index contributed by atoms with van der Waals surface area (Å²) in [5, 5.41) is 6.00. The minimum atomic E-state index is -0.810. The number of nitrogens with one attached hydrogen (secondary N) is 2. The highest BCUT2D eigenvalue weighted by molar-refractivity contribution is 6.35. The van der Waals surface area contributed by atoms with Crippen LogP contribution in [0.1, 0.15) is 27.6 Å². The average molecular weight is 425 g/mol. The van der Waals surface area contributed by atoms with Gasteiger partial charge in [-0.3, -0.25) is 9.59 Å². The van der Waals surface area contributed by atoms with Crippen LogP contribution in [0.25, 0.3) is 0 Å². The van der Waals surface area contributed by atoms with E-state index in [1.54, 1.807) is 13.0 Å². The van der Waals surface area contributed by atoms with Crippen molar-refractivity contribution in [2.45, 2.75) is 6.92 Å². The lowest BCUT2D eigenvalue weighted by Crippen LogP contribution is -2.34.